The third kappa shape index (κ3) is 10.7. The first kappa shape index (κ1) is 29.8. The van der Waals surface area contributed by atoms with E-state index in [0.29, 0.717) is 38.6 Å². The number of carbonyl (C=O) groups excluding carboxylic acids is 6. The summed E-state index contributed by atoms with van der Waals surface area (Å²) in [7, 11) is 0. The number of hydrogen-bond donors (Lipinski definition) is 4. The van der Waals surface area contributed by atoms with Gasteiger partial charge in [0, 0.05) is 37.6 Å². The van der Waals surface area contributed by atoms with Crippen molar-refractivity contribution >= 4 is 35.4 Å². The molecular weight excluding hydrogens is 454 g/mol. The average Bonchev–Trinajstić information content (AvgIpc) is 3.10. The number of amides is 6. The first-order valence-electron chi connectivity index (χ1n) is 12.1. The van der Waals surface area contributed by atoms with Gasteiger partial charge in [-0.1, -0.05) is 34.1 Å². The van der Waals surface area contributed by atoms with Gasteiger partial charge in [0.1, 0.15) is 6.04 Å². The number of unbranched alkanes of at least 4 members (excludes halogenated alkanes) is 2. The highest BCUT2D eigenvalue weighted by Crippen LogP contribution is 2.11. The molecule has 0 aromatic carbocycles. The summed E-state index contributed by atoms with van der Waals surface area (Å²) in [6.45, 7) is 7.70. The smallest absolute Gasteiger partial charge is 0.312 e. The molecule has 2 atom stereocenters. The monoisotopic (exact) mass is 493 g/mol. The van der Waals surface area contributed by atoms with E-state index in [4.69, 9.17) is 5.73 Å². The van der Waals surface area contributed by atoms with Crippen LogP contribution in [0.15, 0.2) is 12.2 Å². The number of nitrogens with one attached hydrogen (secondary N) is 3. The van der Waals surface area contributed by atoms with E-state index in [9.17, 15) is 28.8 Å². The van der Waals surface area contributed by atoms with Crippen LogP contribution >= 0.6 is 0 Å². The maximum absolute atomic E-state index is 12.9. The molecule has 5 N–H and O–H groups in total. The third-order valence-corrected chi connectivity index (χ3v) is 5.65. The molecule has 0 aromatic heterocycles. The number of primary amides is 1. The molecule has 196 valence electrons. The van der Waals surface area contributed by atoms with Gasteiger partial charge in [0.2, 0.25) is 11.8 Å². The van der Waals surface area contributed by atoms with Crippen molar-refractivity contribution in [3.63, 3.8) is 0 Å². The molecule has 1 heterocycles. The van der Waals surface area contributed by atoms with E-state index < -0.39 is 24.0 Å². The van der Waals surface area contributed by atoms with Crippen LogP contribution in [-0.2, 0) is 24.0 Å². The zero-order chi connectivity index (χ0) is 26.5. The van der Waals surface area contributed by atoms with E-state index in [1.807, 2.05) is 0 Å². The summed E-state index contributed by atoms with van der Waals surface area (Å²) < 4.78 is 0. The fourth-order valence-corrected chi connectivity index (χ4v) is 3.63. The Bertz CT molecular complexity index is 805. The SMILES string of the molecule is CC(C)C(=O)[C@H](CCCNC(N)=O)NC(=O)C(NC(=O)CCCCCN1C(=O)C=CC1=O)C(C)C. The normalized spacial score (nSPS) is 14.9. The van der Waals surface area contributed by atoms with Gasteiger partial charge in [0.05, 0.1) is 6.04 Å². The summed E-state index contributed by atoms with van der Waals surface area (Å²) in [6, 6.07) is -2.20. The number of nitrogens with two attached hydrogens (primary N) is 1. The highest BCUT2D eigenvalue weighted by molar-refractivity contribution is 6.12. The van der Waals surface area contributed by atoms with E-state index in [1.165, 1.54) is 12.2 Å². The van der Waals surface area contributed by atoms with Crippen molar-refractivity contribution in [2.45, 2.75) is 78.3 Å². The lowest BCUT2D eigenvalue weighted by atomic mass is 9.96. The second-order valence-electron chi connectivity index (χ2n) is 9.31. The third-order valence-electron chi connectivity index (χ3n) is 5.65. The summed E-state index contributed by atoms with van der Waals surface area (Å²) in [5.41, 5.74) is 5.05. The van der Waals surface area contributed by atoms with Crippen molar-refractivity contribution in [1.29, 1.82) is 0 Å². The molecule has 1 aliphatic rings. The van der Waals surface area contributed by atoms with E-state index in [2.05, 4.69) is 16.0 Å². The molecule has 0 aliphatic carbocycles. The highest BCUT2D eigenvalue weighted by Gasteiger charge is 2.29. The van der Waals surface area contributed by atoms with Crippen LogP contribution in [0.3, 0.4) is 0 Å². The van der Waals surface area contributed by atoms with Gasteiger partial charge in [0.15, 0.2) is 5.78 Å². The zero-order valence-corrected chi connectivity index (χ0v) is 21.1. The molecule has 11 nitrogen and oxygen atoms in total. The van der Waals surface area contributed by atoms with Gasteiger partial charge < -0.3 is 21.7 Å². The van der Waals surface area contributed by atoms with Gasteiger partial charge in [-0.3, -0.25) is 28.9 Å². The maximum atomic E-state index is 12.9. The molecule has 0 spiro atoms. The second-order valence-corrected chi connectivity index (χ2v) is 9.31. The van der Waals surface area contributed by atoms with Crippen LogP contribution in [0.2, 0.25) is 0 Å². The van der Waals surface area contributed by atoms with Gasteiger partial charge in [-0.25, -0.2) is 4.79 Å². The molecule has 0 bridgehead atoms. The molecule has 0 saturated carbocycles. The first-order chi connectivity index (χ1) is 16.4. The number of urea groups is 1. The van der Waals surface area contributed by atoms with Gasteiger partial charge in [0.25, 0.3) is 11.8 Å². The standard InChI is InChI=1S/C24H39N5O6/c1-15(2)21(23(34)27-17(22(33)16(3)4)9-8-13-26-24(25)35)28-18(30)10-6-5-7-14-29-19(31)11-12-20(29)32/h11-12,15-17,21H,5-10,13-14H2,1-4H3,(H,27,34)(H,28,30)(H3,25,26,35)/t17-,21?/m0/s1. The Morgan fingerprint density at radius 2 is 1.54 bits per heavy atom. The van der Waals surface area contributed by atoms with E-state index >= 15 is 0 Å². The lowest BCUT2D eigenvalue weighted by molar-refractivity contribution is -0.137. The Labute approximate surface area is 206 Å². The van der Waals surface area contributed by atoms with Crippen LogP contribution in [0.1, 0.15) is 66.2 Å². The lowest BCUT2D eigenvalue weighted by Gasteiger charge is -2.26. The Morgan fingerprint density at radius 3 is 2.09 bits per heavy atom. The van der Waals surface area contributed by atoms with Crippen LogP contribution in [0.4, 0.5) is 4.79 Å². The minimum atomic E-state index is -0.806. The summed E-state index contributed by atoms with van der Waals surface area (Å²) in [5, 5.41) is 7.98. The largest absolute Gasteiger partial charge is 0.352 e. The molecule has 1 aliphatic heterocycles. The van der Waals surface area contributed by atoms with Crippen molar-refractivity contribution in [3.8, 4) is 0 Å². The Hall–Kier alpha value is -3.24. The molecule has 1 rings (SSSR count). The molecule has 0 saturated heterocycles. The minimum absolute atomic E-state index is 0.128. The van der Waals surface area contributed by atoms with Crippen LogP contribution in [-0.4, -0.2) is 65.5 Å². The van der Waals surface area contributed by atoms with E-state index in [1.54, 1.807) is 27.7 Å². The molecule has 35 heavy (non-hydrogen) atoms. The maximum Gasteiger partial charge on any atom is 0.312 e. The highest BCUT2D eigenvalue weighted by atomic mass is 16.2. The van der Waals surface area contributed by atoms with Crippen LogP contribution in [0.5, 0.6) is 0 Å². The molecule has 11 heteroatoms. The summed E-state index contributed by atoms with van der Waals surface area (Å²) in [6.07, 6.45) is 5.24. The van der Waals surface area contributed by atoms with Gasteiger partial charge >= 0.3 is 6.03 Å². The number of rotatable bonds is 16. The van der Waals surface area contributed by atoms with Crippen LogP contribution < -0.4 is 21.7 Å². The van der Waals surface area contributed by atoms with Crippen molar-refractivity contribution in [2.24, 2.45) is 17.6 Å². The quantitative estimate of drug-likeness (QED) is 0.183. The van der Waals surface area contributed by atoms with Crippen molar-refractivity contribution in [2.75, 3.05) is 13.1 Å². The zero-order valence-electron chi connectivity index (χ0n) is 21.1. The summed E-state index contributed by atoms with van der Waals surface area (Å²) in [4.78, 5) is 73.1. The number of imide groups is 1. The summed E-state index contributed by atoms with van der Waals surface area (Å²) >= 11 is 0. The fraction of sp³-hybridized carbons (Fsp3) is 0.667. The molecule has 1 unspecified atom stereocenters. The minimum Gasteiger partial charge on any atom is -0.352 e. The van der Waals surface area contributed by atoms with Crippen LogP contribution in [0, 0.1) is 11.8 Å². The number of nitrogens with zero attached hydrogens (tertiary/aromatic N) is 1. The topological polar surface area (TPSA) is 168 Å². The molecule has 6 amide bonds. The van der Waals surface area contributed by atoms with Crippen molar-refractivity contribution in [1.82, 2.24) is 20.9 Å². The average molecular weight is 494 g/mol. The van der Waals surface area contributed by atoms with Gasteiger partial charge in [-0.2, -0.15) is 0 Å². The predicted octanol–water partition coefficient (Wildman–Crippen LogP) is 0.771. The van der Waals surface area contributed by atoms with E-state index in [0.717, 1.165) is 4.90 Å². The first-order valence-corrected chi connectivity index (χ1v) is 12.1. The fourth-order valence-electron chi connectivity index (χ4n) is 3.63. The number of Topliss-reactive ketones (excluding diaryl/α,β-unsaturated/α-hetero) is 1. The molecule has 0 radical (unpaired) electrons. The number of ketones is 1. The second kappa shape index (κ2) is 14.9. The molecule has 0 aromatic rings. The van der Waals surface area contributed by atoms with Gasteiger partial charge in [-0.15, -0.1) is 0 Å². The number of hydrogen-bond acceptors (Lipinski definition) is 6. The Morgan fingerprint density at radius 1 is 0.914 bits per heavy atom. The molecular formula is C24H39N5O6. The van der Waals surface area contributed by atoms with Gasteiger partial charge in [-0.05, 0) is 31.6 Å². The van der Waals surface area contributed by atoms with E-state index in [-0.39, 0.29) is 48.3 Å². The predicted molar refractivity (Wildman–Crippen MR) is 130 cm³/mol. The van der Waals surface area contributed by atoms with Crippen LogP contribution in [0.25, 0.3) is 0 Å². The van der Waals surface area contributed by atoms with Crippen molar-refractivity contribution < 1.29 is 28.8 Å². The number of carbonyl (C=O) groups is 6. The lowest BCUT2D eigenvalue weighted by Crippen LogP contribution is -2.54. The van der Waals surface area contributed by atoms with Crippen molar-refractivity contribution in [3.05, 3.63) is 12.2 Å². The Kier molecular flexibility index (Phi) is 12.7. The summed E-state index contributed by atoms with van der Waals surface area (Å²) in [5.74, 6) is -1.99. The molecule has 0 fully saturated rings. The Balaban J connectivity index is 2.53.